The van der Waals surface area contributed by atoms with Gasteiger partial charge in [0.25, 0.3) is 0 Å². The van der Waals surface area contributed by atoms with E-state index in [2.05, 4.69) is 34.8 Å². The van der Waals surface area contributed by atoms with E-state index in [0.717, 1.165) is 21.6 Å². The Kier molecular flexibility index (Phi) is 13.5. The number of primary amides is 1. The molecule has 0 radical (unpaired) electrons. The number of hydrogen-bond acceptors (Lipinski definition) is 4. The lowest BCUT2D eigenvalue weighted by Crippen LogP contribution is -2.39. The van der Waals surface area contributed by atoms with Crippen molar-refractivity contribution in [3.63, 3.8) is 0 Å². The highest BCUT2D eigenvalue weighted by molar-refractivity contribution is 5.85. The van der Waals surface area contributed by atoms with Crippen LogP contribution in [0.3, 0.4) is 0 Å². The van der Waals surface area contributed by atoms with Gasteiger partial charge in [-0.3, -0.25) is 19.2 Å². The zero-order chi connectivity index (χ0) is 26.1. The summed E-state index contributed by atoms with van der Waals surface area (Å²) in [5.41, 5.74) is 6.42. The van der Waals surface area contributed by atoms with Crippen molar-refractivity contribution in [2.24, 2.45) is 5.73 Å². The van der Waals surface area contributed by atoms with Crippen LogP contribution in [0.15, 0.2) is 67.3 Å². The maximum atomic E-state index is 12.0. The first-order chi connectivity index (χ1) is 16.7. The van der Waals surface area contributed by atoms with Crippen molar-refractivity contribution in [1.29, 1.82) is 0 Å². The molecule has 0 fully saturated rings. The molecule has 0 saturated heterocycles. The van der Waals surface area contributed by atoms with Crippen LogP contribution in [0.4, 0.5) is 0 Å². The van der Waals surface area contributed by atoms with Crippen LogP contribution >= 0.6 is 0 Å². The van der Waals surface area contributed by atoms with Gasteiger partial charge in [-0.2, -0.15) is 0 Å². The zero-order valence-electron chi connectivity index (χ0n) is 20.1. The normalized spacial score (nSPS) is 10.7. The highest BCUT2D eigenvalue weighted by Crippen LogP contribution is 2.02. The number of aryl methyl sites for hydroxylation is 1. The predicted molar refractivity (Wildman–Crippen MR) is 138 cm³/mol. The Morgan fingerprint density at radius 1 is 0.829 bits per heavy atom. The highest BCUT2D eigenvalue weighted by atomic mass is 16.2. The van der Waals surface area contributed by atoms with Crippen molar-refractivity contribution in [2.45, 2.75) is 26.2 Å². The summed E-state index contributed by atoms with van der Waals surface area (Å²) < 4.78 is 0. The molecule has 0 heterocycles. The molecule has 0 unspecified atom stereocenters. The lowest BCUT2D eigenvalue weighted by molar-refractivity contribution is -0.126. The molecule has 8 nitrogen and oxygen atoms in total. The van der Waals surface area contributed by atoms with Crippen molar-refractivity contribution in [2.75, 3.05) is 19.6 Å². The second kappa shape index (κ2) is 16.4. The second-order valence-electron chi connectivity index (χ2n) is 7.64. The Morgan fingerprint density at radius 2 is 1.40 bits per heavy atom. The van der Waals surface area contributed by atoms with Crippen molar-refractivity contribution in [1.82, 2.24) is 16.0 Å². The maximum Gasteiger partial charge on any atom is 0.239 e. The molecule has 2 rings (SSSR count). The van der Waals surface area contributed by atoms with E-state index in [0.29, 0.717) is 19.4 Å². The number of carbonyl (C=O) groups is 4. The fourth-order valence-electron chi connectivity index (χ4n) is 2.94. The minimum absolute atomic E-state index is 0.104. The molecule has 8 heteroatoms. The Morgan fingerprint density at radius 3 is 2.03 bits per heavy atom. The molecule has 2 aromatic carbocycles. The fourth-order valence-corrected chi connectivity index (χ4v) is 2.94. The van der Waals surface area contributed by atoms with Gasteiger partial charge in [0, 0.05) is 32.9 Å². The third-order valence-electron chi connectivity index (χ3n) is 4.69. The van der Waals surface area contributed by atoms with Gasteiger partial charge in [-0.25, -0.2) is 0 Å². The first kappa shape index (κ1) is 28.8. The SMILES string of the molecule is C=C/C(CNC(=O)CNC(=O)CCNC(=O)CCc1ccccc1)=c1/ccccc1=C.CC(N)=O. The molecule has 0 spiro atoms. The maximum absolute atomic E-state index is 12.0. The number of nitrogens with one attached hydrogen (secondary N) is 3. The molecule has 186 valence electrons. The average Bonchev–Trinajstić information content (AvgIpc) is 2.83. The summed E-state index contributed by atoms with van der Waals surface area (Å²) in [6, 6.07) is 17.3. The van der Waals surface area contributed by atoms with E-state index in [-0.39, 0.29) is 43.1 Å². The van der Waals surface area contributed by atoms with E-state index in [9.17, 15) is 19.2 Å². The molecule has 0 aliphatic rings. The summed E-state index contributed by atoms with van der Waals surface area (Å²) in [4.78, 5) is 45.0. The molecular formula is C27H34N4O4. The molecule has 35 heavy (non-hydrogen) atoms. The van der Waals surface area contributed by atoms with E-state index in [1.54, 1.807) is 6.08 Å². The molecule has 4 amide bonds. The molecule has 5 N–H and O–H groups in total. The summed E-state index contributed by atoms with van der Waals surface area (Å²) in [7, 11) is 0. The van der Waals surface area contributed by atoms with Gasteiger partial charge in [-0.05, 0) is 28.0 Å². The summed E-state index contributed by atoms with van der Waals surface area (Å²) in [6.07, 6.45) is 2.82. The Labute approximate surface area is 206 Å². The Bertz CT molecular complexity index is 1110. The lowest BCUT2D eigenvalue weighted by Gasteiger charge is -2.09. The van der Waals surface area contributed by atoms with E-state index < -0.39 is 0 Å². The molecule has 0 atom stereocenters. The highest BCUT2D eigenvalue weighted by Gasteiger charge is 2.07. The van der Waals surface area contributed by atoms with Crippen LogP contribution < -0.4 is 32.1 Å². The summed E-state index contributed by atoms with van der Waals surface area (Å²) in [5.74, 6) is -1.04. The first-order valence-electron chi connectivity index (χ1n) is 11.2. The molecular weight excluding hydrogens is 444 g/mol. The van der Waals surface area contributed by atoms with Crippen LogP contribution in [0.25, 0.3) is 12.2 Å². The minimum atomic E-state index is -0.333. The van der Waals surface area contributed by atoms with Gasteiger partial charge in [-0.15, -0.1) is 0 Å². The van der Waals surface area contributed by atoms with Crippen LogP contribution in [-0.2, 0) is 25.6 Å². The van der Waals surface area contributed by atoms with Crippen LogP contribution in [0.5, 0.6) is 0 Å². The first-order valence-corrected chi connectivity index (χ1v) is 11.2. The van der Waals surface area contributed by atoms with Gasteiger partial charge in [0.2, 0.25) is 23.6 Å². The number of rotatable bonds is 11. The number of amides is 4. The second-order valence-corrected chi connectivity index (χ2v) is 7.64. The Hall–Kier alpha value is -4.20. The lowest BCUT2D eigenvalue weighted by atomic mass is 10.1. The molecule has 0 aromatic heterocycles. The monoisotopic (exact) mass is 478 g/mol. The van der Waals surface area contributed by atoms with E-state index in [4.69, 9.17) is 0 Å². The zero-order valence-corrected chi connectivity index (χ0v) is 20.1. The van der Waals surface area contributed by atoms with Gasteiger partial charge in [0.15, 0.2) is 0 Å². The molecule has 0 saturated carbocycles. The number of nitrogens with two attached hydrogens (primary N) is 1. The predicted octanol–water partition coefficient (Wildman–Crippen LogP) is 0.297. The number of hydrogen-bond donors (Lipinski definition) is 4. The van der Waals surface area contributed by atoms with Crippen molar-refractivity contribution < 1.29 is 19.2 Å². The largest absolute Gasteiger partial charge is 0.370 e. The third-order valence-corrected chi connectivity index (χ3v) is 4.69. The third kappa shape index (κ3) is 13.2. The molecule has 0 aliphatic carbocycles. The van der Waals surface area contributed by atoms with Gasteiger partial charge in [0.05, 0.1) is 6.54 Å². The van der Waals surface area contributed by atoms with E-state index >= 15 is 0 Å². The standard InChI is InChI=1S/C25H29N3O3.C2H5NO/c1-3-21(22-12-8-7-9-19(22)2)17-27-25(31)18-28-24(30)15-16-26-23(29)14-13-20-10-5-4-6-11-20;1-2(3)4/h3-12H,1-2,13-18H2,(H,26,29)(H,27,31)(H,28,30);1H3,(H2,3,4)/b22-21+;. The van der Waals surface area contributed by atoms with Crippen LogP contribution in [0, 0.1) is 0 Å². The van der Waals surface area contributed by atoms with Crippen molar-refractivity contribution in [3.05, 3.63) is 83.3 Å². The summed E-state index contributed by atoms with van der Waals surface area (Å²) in [6.45, 7) is 9.47. The quantitative estimate of drug-likeness (QED) is 0.370. The van der Waals surface area contributed by atoms with Gasteiger partial charge in [-0.1, -0.05) is 73.8 Å². The summed E-state index contributed by atoms with van der Waals surface area (Å²) in [5, 5.41) is 9.81. The molecule has 2 aromatic rings. The van der Waals surface area contributed by atoms with Crippen LogP contribution in [0.2, 0.25) is 0 Å². The Balaban J connectivity index is 0.00000142. The van der Waals surface area contributed by atoms with Gasteiger partial charge >= 0.3 is 0 Å². The van der Waals surface area contributed by atoms with Crippen molar-refractivity contribution >= 4 is 35.8 Å². The van der Waals surface area contributed by atoms with Crippen LogP contribution in [-0.4, -0.2) is 43.3 Å². The van der Waals surface area contributed by atoms with E-state index in [1.807, 2.05) is 54.6 Å². The number of carbonyl (C=O) groups excluding carboxylic acids is 4. The van der Waals surface area contributed by atoms with Gasteiger partial charge < -0.3 is 21.7 Å². The van der Waals surface area contributed by atoms with E-state index in [1.165, 1.54) is 6.92 Å². The van der Waals surface area contributed by atoms with Crippen molar-refractivity contribution in [3.8, 4) is 0 Å². The van der Waals surface area contributed by atoms with Crippen LogP contribution in [0.1, 0.15) is 25.3 Å². The fraction of sp³-hybridized carbons (Fsp3) is 0.259. The molecule has 0 aliphatic heterocycles. The topological polar surface area (TPSA) is 130 Å². The smallest absolute Gasteiger partial charge is 0.239 e. The molecule has 0 bridgehead atoms. The minimum Gasteiger partial charge on any atom is -0.370 e. The summed E-state index contributed by atoms with van der Waals surface area (Å²) >= 11 is 0. The average molecular weight is 479 g/mol. The number of benzene rings is 2. The van der Waals surface area contributed by atoms with Gasteiger partial charge in [0.1, 0.15) is 0 Å².